The van der Waals surface area contributed by atoms with E-state index in [0.717, 1.165) is 11.3 Å². The van der Waals surface area contributed by atoms with Crippen molar-refractivity contribution < 1.29 is 10.1 Å². The van der Waals surface area contributed by atoms with Crippen molar-refractivity contribution in [2.75, 3.05) is 0 Å². The van der Waals surface area contributed by atoms with Crippen molar-refractivity contribution in [3.63, 3.8) is 0 Å². The molecule has 4 rings (SSSR count). The monoisotopic (exact) mass is 502 g/mol. The third-order valence-corrected chi connectivity index (χ3v) is 7.34. The number of tetrazole rings is 1. The van der Waals surface area contributed by atoms with Gasteiger partial charge in [0.15, 0.2) is 0 Å². The quantitative estimate of drug-likeness (QED) is 0.241. The van der Waals surface area contributed by atoms with Crippen molar-refractivity contribution in [1.82, 2.24) is 20.2 Å². The van der Waals surface area contributed by atoms with Gasteiger partial charge in [0.25, 0.3) is 5.69 Å². The molecule has 1 aliphatic carbocycles. The zero-order valence-corrected chi connectivity index (χ0v) is 19.4. The van der Waals surface area contributed by atoms with Crippen LogP contribution in [0.3, 0.4) is 0 Å². The van der Waals surface area contributed by atoms with Crippen molar-refractivity contribution in [2.24, 2.45) is 5.16 Å². The minimum Gasteiger partial charge on any atom is -0.411 e. The van der Waals surface area contributed by atoms with Gasteiger partial charge in [0.05, 0.1) is 10.6 Å². The van der Waals surface area contributed by atoms with Gasteiger partial charge < -0.3 is 5.21 Å². The van der Waals surface area contributed by atoms with Crippen LogP contribution in [0.1, 0.15) is 37.5 Å². The Morgan fingerprint density at radius 2 is 2.00 bits per heavy atom. The first kappa shape index (κ1) is 21.4. The number of aromatic nitrogens is 4. The summed E-state index contributed by atoms with van der Waals surface area (Å²) in [6, 6.07) is 12.8. The molecule has 2 aromatic carbocycles. The lowest BCUT2D eigenvalue weighted by Gasteiger charge is -2.21. The van der Waals surface area contributed by atoms with Crippen molar-refractivity contribution in [2.45, 2.75) is 41.4 Å². The summed E-state index contributed by atoms with van der Waals surface area (Å²) in [6.45, 7) is 5.94. The average molecular weight is 503 g/mol. The lowest BCUT2D eigenvalue weighted by atomic mass is 9.85. The Balaban J connectivity index is 1.80. The fourth-order valence-corrected chi connectivity index (χ4v) is 5.56. The first-order valence-corrected chi connectivity index (χ1v) is 11.0. The largest absolute Gasteiger partial charge is 0.411 e. The van der Waals surface area contributed by atoms with E-state index in [1.54, 1.807) is 10.7 Å². The van der Waals surface area contributed by atoms with E-state index in [-0.39, 0.29) is 22.4 Å². The highest BCUT2D eigenvalue weighted by molar-refractivity contribution is 9.12. The molecule has 0 amide bonds. The average Bonchev–Trinajstić information content (AvgIpc) is 3.27. The molecule has 1 N–H and O–H groups in total. The van der Waals surface area contributed by atoms with Crippen LogP contribution in [0.4, 0.5) is 5.69 Å². The Morgan fingerprint density at radius 1 is 1.29 bits per heavy atom. The highest BCUT2D eigenvalue weighted by Crippen LogP contribution is 2.51. The van der Waals surface area contributed by atoms with Crippen LogP contribution >= 0.6 is 27.7 Å². The SMILES string of the molecule is CC(C)(C)c1cc2c(c([N+](=O)[O-])c1)CC(Br)(Sc1nnnn1-c1ccccc1)/C2=N/O. The van der Waals surface area contributed by atoms with Crippen LogP contribution in [0, 0.1) is 10.1 Å². The van der Waals surface area contributed by atoms with Crippen molar-refractivity contribution in [3.8, 4) is 5.69 Å². The number of thioether (sulfide) groups is 1. The van der Waals surface area contributed by atoms with Crippen LogP contribution in [0.2, 0.25) is 0 Å². The molecule has 31 heavy (non-hydrogen) atoms. The number of oxime groups is 1. The highest BCUT2D eigenvalue weighted by Gasteiger charge is 2.48. The number of nitro groups is 1. The van der Waals surface area contributed by atoms with E-state index >= 15 is 0 Å². The Morgan fingerprint density at radius 3 is 2.61 bits per heavy atom. The molecule has 9 nitrogen and oxygen atoms in total. The number of nitrogens with zero attached hydrogens (tertiary/aromatic N) is 6. The fraction of sp³-hybridized carbons (Fsp3) is 0.300. The normalized spacial score (nSPS) is 19.5. The van der Waals surface area contributed by atoms with Gasteiger partial charge in [0.2, 0.25) is 5.16 Å². The van der Waals surface area contributed by atoms with E-state index in [9.17, 15) is 15.3 Å². The maximum Gasteiger partial charge on any atom is 0.273 e. The molecular weight excluding hydrogens is 484 g/mol. The summed E-state index contributed by atoms with van der Waals surface area (Å²) in [7, 11) is 0. The van der Waals surface area contributed by atoms with E-state index in [4.69, 9.17) is 0 Å². The van der Waals surface area contributed by atoms with Crippen molar-refractivity contribution in [3.05, 3.63) is 69.3 Å². The predicted octanol–water partition coefficient (Wildman–Crippen LogP) is 4.49. The van der Waals surface area contributed by atoms with Crippen LogP contribution in [-0.2, 0) is 11.8 Å². The number of fused-ring (bicyclic) bond motifs is 1. The Bertz CT molecular complexity index is 1190. The predicted molar refractivity (Wildman–Crippen MR) is 120 cm³/mol. The highest BCUT2D eigenvalue weighted by atomic mass is 79.9. The zero-order chi connectivity index (χ0) is 22.4. The van der Waals surface area contributed by atoms with Crippen molar-refractivity contribution >= 4 is 39.1 Å². The third kappa shape index (κ3) is 3.83. The van der Waals surface area contributed by atoms with Crippen LogP contribution in [0.15, 0.2) is 52.8 Å². The number of alkyl halides is 1. The molecule has 160 valence electrons. The van der Waals surface area contributed by atoms with E-state index in [2.05, 4.69) is 36.6 Å². The molecule has 1 heterocycles. The van der Waals surface area contributed by atoms with Gasteiger partial charge in [-0.1, -0.05) is 71.8 Å². The van der Waals surface area contributed by atoms with Crippen LogP contribution in [-0.4, -0.2) is 39.7 Å². The third-order valence-electron chi connectivity index (χ3n) is 5.10. The molecule has 11 heteroatoms. The molecule has 0 fully saturated rings. The minimum absolute atomic E-state index is 0.00755. The fourth-order valence-electron chi connectivity index (χ4n) is 3.49. The summed E-state index contributed by atoms with van der Waals surface area (Å²) < 4.78 is 0.591. The standard InChI is InChI=1S/C20H19BrN6O3S/c1-19(2,3)12-9-14-15(16(10-12)27(29)30)11-20(21,17(14)23-28)31-18-22-24-25-26(18)13-7-5-4-6-8-13/h4-10,28H,11H2,1-3H3/b23-17+. The lowest BCUT2D eigenvalue weighted by Crippen LogP contribution is -2.26. The smallest absolute Gasteiger partial charge is 0.273 e. The van der Waals surface area contributed by atoms with Gasteiger partial charge in [-0.05, 0) is 39.6 Å². The molecule has 3 aromatic rings. The number of hydrogen-bond acceptors (Lipinski definition) is 8. The van der Waals surface area contributed by atoms with Gasteiger partial charge in [-0.3, -0.25) is 10.1 Å². The van der Waals surface area contributed by atoms with Gasteiger partial charge in [0, 0.05) is 23.6 Å². The van der Waals surface area contributed by atoms with E-state index in [0.29, 0.717) is 22.0 Å². The second-order valence-corrected chi connectivity index (χ2v) is 11.3. The molecule has 1 unspecified atom stereocenters. The topological polar surface area (TPSA) is 119 Å². The molecule has 1 atom stereocenters. The second-order valence-electron chi connectivity index (χ2n) is 8.19. The second kappa shape index (κ2) is 7.72. The van der Waals surface area contributed by atoms with E-state index < -0.39 is 3.66 Å². The summed E-state index contributed by atoms with van der Waals surface area (Å²) in [6.07, 6.45) is 0.231. The van der Waals surface area contributed by atoms with E-state index in [1.807, 2.05) is 57.2 Å². The Hall–Kier alpha value is -2.79. The van der Waals surface area contributed by atoms with Crippen LogP contribution in [0.25, 0.3) is 5.69 Å². The van der Waals surface area contributed by atoms with Crippen molar-refractivity contribution in [1.29, 1.82) is 0 Å². The molecule has 1 aliphatic rings. The molecule has 0 saturated carbocycles. The van der Waals surface area contributed by atoms with Crippen LogP contribution in [0.5, 0.6) is 0 Å². The minimum atomic E-state index is -0.980. The lowest BCUT2D eigenvalue weighted by molar-refractivity contribution is -0.385. The zero-order valence-electron chi connectivity index (χ0n) is 17.0. The summed E-state index contributed by atoms with van der Waals surface area (Å²) in [5.74, 6) is 0. The van der Waals surface area contributed by atoms with Gasteiger partial charge >= 0.3 is 0 Å². The maximum atomic E-state index is 11.8. The number of halogens is 1. The van der Waals surface area contributed by atoms with Crippen LogP contribution < -0.4 is 0 Å². The number of hydrogen-bond donors (Lipinski definition) is 1. The first-order chi connectivity index (χ1) is 14.6. The molecule has 0 saturated heterocycles. The molecule has 0 radical (unpaired) electrons. The van der Waals surface area contributed by atoms with E-state index in [1.165, 1.54) is 11.8 Å². The number of nitro benzene ring substituents is 1. The number of benzene rings is 2. The Labute approximate surface area is 190 Å². The summed E-state index contributed by atoms with van der Waals surface area (Å²) >= 11 is 4.92. The maximum absolute atomic E-state index is 11.8. The molecule has 0 bridgehead atoms. The van der Waals surface area contributed by atoms with Gasteiger partial charge in [-0.15, -0.1) is 5.10 Å². The molecule has 1 aromatic heterocycles. The van der Waals surface area contributed by atoms with Gasteiger partial charge in [0.1, 0.15) is 9.37 Å². The number of para-hydroxylation sites is 1. The Kier molecular flexibility index (Phi) is 5.34. The molecular formula is C20H19BrN6O3S. The summed E-state index contributed by atoms with van der Waals surface area (Å²) in [5.41, 5.74) is 2.60. The summed E-state index contributed by atoms with van der Waals surface area (Å²) in [5, 5.41) is 37.7. The van der Waals surface area contributed by atoms with Gasteiger partial charge in [-0.2, -0.15) is 4.68 Å². The number of rotatable bonds is 4. The van der Waals surface area contributed by atoms with Gasteiger partial charge in [-0.25, -0.2) is 0 Å². The first-order valence-electron chi connectivity index (χ1n) is 9.40. The molecule has 0 aliphatic heterocycles. The summed E-state index contributed by atoms with van der Waals surface area (Å²) in [4.78, 5) is 11.5. The molecule has 0 spiro atoms.